The number of para-hydroxylation sites is 1. The lowest BCUT2D eigenvalue weighted by Crippen LogP contribution is -3.11. The van der Waals surface area contributed by atoms with Crippen molar-refractivity contribution in [3.8, 4) is 5.69 Å². The Morgan fingerprint density at radius 3 is 2.71 bits per heavy atom. The fraction of sp³-hybridized carbons (Fsp3) is 0.500. The second-order valence-corrected chi connectivity index (χ2v) is 6.29. The third-order valence-electron chi connectivity index (χ3n) is 4.02. The average Bonchev–Trinajstić information content (AvgIpc) is 3.24. The van der Waals surface area contributed by atoms with Crippen LogP contribution in [0.2, 0.25) is 0 Å². The highest BCUT2D eigenvalue weighted by Gasteiger charge is 2.27. The maximum Gasteiger partial charge on any atom is 0.207 e. The Hall–Kier alpha value is -1.46. The Morgan fingerprint density at radius 2 is 2.05 bits per heavy atom. The lowest BCUT2D eigenvalue weighted by molar-refractivity contribution is -0.925. The molecular weight excluding hydrogens is 280 g/mol. The molecule has 0 radical (unpaired) electrons. The minimum atomic E-state index is 0.783. The van der Waals surface area contributed by atoms with Gasteiger partial charge in [-0.15, -0.1) is 0 Å². The number of benzene rings is 1. The van der Waals surface area contributed by atoms with Crippen molar-refractivity contribution in [2.45, 2.75) is 32.9 Å². The molecule has 21 heavy (non-hydrogen) atoms. The minimum Gasteiger partial charge on any atom is -0.316 e. The van der Waals surface area contributed by atoms with Crippen LogP contribution >= 0.6 is 12.2 Å². The van der Waals surface area contributed by atoms with Gasteiger partial charge in [0.05, 0.1) is 13.1 Å². The van der Waals surface area contributed by atoms with Crippen LogP contribution < -0.4 is 4.90 Å². The first kappa shape index (κ1) is 14.5. The maximum absolute atomic E-state index is 5.59. The summed E-state index contributed by atoms with van der Waals surface area (Å²) in [6.45, 7) is 5.57. The van der Waals surface area contributed by atoms with Crippen LogP contribution in [0.15, 0.2) is 36.7 Å². The summed E-state index contributed by atoms with van der Waals surface area (Å²) >= 11 is 5.59. The first-order chi connectivity index (χ1) is 10.3. The van der Waals surface area contributed by atoms with Gasteiger partial charge in [0.25, 0.3) is 0 Å². The van der Waals surface area contributed by atoms with Gasteiger partial charge >= 0.3 is 0 Å². The van der Waals surface area contributed by atoms with Gasteiger partial charge in [-0.1, -0.05) is 25.1 Å². The van der Waals surface area contributed by atoms with Gasteiger partial charge in [0.1, 0.15) is 6.33 Å². The molecule has 0 saturated heterocycles. The number of rotatable bonds is 7. The quantitative estimate of drug-likeness (QED) is 0.793. The normalized spacial score (nSPS) is 16.0. The summed E-state index contributed by atoms with van der Waals surface area (Å²) in [5, 5.41) is 4.50. The van der Waals surface area contributed by atoms with E-state index in [9.17, 15) is 0 Å². The molecule has 1 fully saturated rings. The number of nitrogens with zero attached hydrogens (tertiary/aromatic N) is 3. The van der Waals surface area contributed by atoms with Gasteiger partial charge in [-0.3, -0.25) is 4.57 Å². The van der Waals surface area contributed by atoms with Crippen LogP contribution in [0.1, 0.15) is 26.2 Å². The van der Waals surface area contributed by atoms with E-state index in [2.05, 4.69) is 24.2 Å². The van der Waals surface area contributed by atoms with Crippen molar-refractivity contribution in [2.75, 3.05) is 13.1 Å². The predicted octanol–water partition coefficient (Wildman–Crippen LogP) is 2.07. The highest BCUT2D eigenvalue weighted by atomic mass is 32.1. The molecule has 1 saturated carbocycles. The lowest BCUT2D eigenvalue weighted by Gasteiger charge is -2.18. The second kappa shape index (κ2) is 6.54. The highest BCUT2D eigenvalue weighted by Crippen LogP contribution is 2.26. The Labute approximate surface area is 131 Å². The first-order valence-electron chi connectivity index (χ1n) is 7.81. The lowest BCUT2D eigenvalue weighted by atomic mass is 10.3. The number of hydrogen-bond acceptors (Lipinski definition) is 2. The smallest absolute Gasteiger partial charge is 0.207 e. The van der Waals surface area contributed by atoms with Gasteiger partial charge in [0.15, 0.2) is 6.67 Å². The number of aromatic nitrogens is 3. The van der Waals surface area contributed by atoms with Gasteiger partial charge in [-0.05, 0) is 43.6 Å². The van der Waals surface area contributed by atoms with Crippen molar-refractivity contribution in [3.63, 3.8) is 0 Å². The Bertz CT molecular complexity index is 627. The molecule has 1 N–H and O–H groups in total. The first-order valence-corrected chi connectivity index (χ1v) is 8.22. The van der Waals surface area contributed by atoms with Crippen LogP contribution in [0.4, 0.5) is 0 Å². The Kier molecular flexibility index (Phi) is 4.51. The molecule has 1 heterocycles. The largest absolute Gasteiger partial charge is 0.316 e. The average molecular weight is 303 g/mol. The molecular formula is C16H23N4S+. The van der Waals surface area contributed by atoms with Crippen molar-refractivity contribution >= 4 is 12.2 Å². The van der Waals surface area contributed by atoms with Crippen molar-refractivity contribution in [1.29, 1.82) is 0 Å². The van der Waals surface area contributed by atoms with Crippen molar-refractivity contribution in [3.05, 3.63) is 41.4 Å². The van der Waals surface area contributed by atoms with E-state index in [1.807, 2.05) is 33.8 Å². The zero-order valence-corrected chi connectivity index (χ0v) is 13.4. The van der Waals surface area contributed by atoms with Crippen LogP contribution in [0.5, 0.6) is 0 Å². The number of nitrogens with one attached hydrogen (secondary N) is 1. The van der Waals surface area contributed by atoms with E-state index in [1.54, 1.807) is 4.90 Å². The predicted molar refractivity (Wildman–Crippen MR) is 86.1 cm³/mol. The summed E-state index contributed by atoms with van der Waals surface area (Å²) in [6, 6.07) is 10.2. The van der Waals surface area contributed by atoms with E-state index in [0.717, 1.165) is 23.0 Å². The molecule has 3 rings (SSSR count). The van der Waals surface area contributed by atoms with Crippen molar-refractivity contribution < 1.29 is 4.90 Å². The standard InChI is InChI=1S/C16H22N4S/c1-2-10-18(11-14-8-9-14)13-20-16(21)19(12-17-20)15-6-4-3-5-7-15/h3-7,12,14H,2,8-11,13H2,1H3/p+1. The molecule has 4 nitrogen and oxygen atoms in total. The zero-order valence-electron chi connectivity index (χ0n) is 12.5. The summed E-state index contributed by atoms with van der Waals surface area (Å²) in [5.74, 6) is 0.928. The highest BCUT2D eigenvalue weighted by molar-refractivity contribution is 7.71. The molecule has 1 aromatic carbocycles. The summed E-state index contributed by atoms with van der Waals surface area (Å²) in [7, 11) is 0. The van der Waals surface area contributed by atoms with Crippen LogP contribution in [0.25, 0.3) is 5.69 Å². The van der Waals surface area contributed by atoms with E-state index in [-0.39, 0.29) is 0 Å². The summed E-state index contributed by atoms with van der Waals surface area (Å²) in [6.07, 6.45) is 5.83. The number of quaternary nitrogens is 1. The molecule has 1 aliphatic rings. The molecule has 1 aliphatic carbocycles. The van der Waals surface area contributed by atoms with E-state index < -0.39 is 0 Å². The van der Waals surface area contributed by atoms with Crippen LogP contribution in [0, 0.1) is 10.7 Å². The van der Waals surface area contributed by atoms with Gasteiger partial charge in [-0.25, -0.2) is 0 Å². The molecule has 2 aromatic rings. The van der Waals surface area contributed by atoms with E-state index in [4.69, 9.17) is 12.2 Å². The molecule has 0 spiro atoms. The van der Waals surface area contributed by atoms with E-state index in [0.29, 0.717) is 0 Å². The minimum absolute atomic E-state index is 0.783. The van der Waals surface area contributed by atoms with Gasteiger partial charge in [0, 0.05) is 11.6 Å². The molecule has 1 atom stereocenters. The maximum atomic E-state index is 5.59. The van der Waals surface area contributed by atoms with Crippen molar-refractivity contribution in [2.24, 2.45) is 5.92 Å². The van der Waals surface area contributed by atoms with E-state index in [1.165, 1.54) is 32.4 Å². The molecule has 0 bridgehead atoms. The van der Waals surface area contributed by atoms with Gasteiger partial charge in [0.2, 0.25) is 4.77 Å². The Morgan fingerprint density at radius 1 is 1.29 bits per heavy atom. The summed E-state index contributed by atoms with van der Waals surface area (Å²) < 4.78 is 4.73. The Balaban J connectivity index is 1.76. The SMILES string of the molecule is CCC[NH+](CC1CC1)Cn1ncn(-c2ccccc2)c1=S. The fourth-order valence-electron chi connectivity index (χ4n) is 2.75. The number of hydrogen-bond donors (Lipinski definition) is 1. The topological polar surface area (TPSA) is 27.2 Å². The van der Waals surface area contributed by atoms with Crippen LogP contribution in [-0.2, 0) is 6.67 Å². The molecule has 1 unspecified atom stereocenters. The third-order valence-corrected chi connectivity index (χ3v) is 4.43. The second-order valence-electron chi connectivity index (χ2n) is 5.92. The molecule has 0 aliphatic heterocycles. The van der Waals surface area contributed by atoms with Crippen LogP contribution in [0.3, 0.4) is 0 Å². The third kappa shape index (κ3) is 3.60. The summed E-state index contributed by atoms with van der Waals surface area (Å²) in [5.41, 5.74) is 1.08. The monoisotopic (exact) mass is 303 g/mol. The molecule has 1 aromatic heterocycles. The van der Waals surface area contributed by atoms with Gasteiger partial charge < -0.3 is 4.90 Å². The molecule has 112 valence electrons. The summed E-state index contributed by atoms with van der Waals surface area (Å²) in [4.78, 5) is 1.59. The van der Waals surface area contributed by atoms with Crippen LogP contribution in [-0.4, -0.2) is 27.4 Å². The van der Waals surface area contributed by atoms with E-state index >= 15 is 0 Å². The zero-order chi connectivity index (χ0) is 14.7. The molecule has 0 amide bonds. The van der Waals surface area contributed by atoms with Crippen molar-refractivity contribution in [1.82, 2.24) is 14.3 Å². The van der Waals surface area contributed by atoms with Gasteiger partial charge in [-0.2, -0.15) is 9.78 Å². The fourth-order valence-corrected chi connectivity index (χ4v) is 3.02. The molecule has 5 heteroatoms.